The van der Waals surface area contributed by atoms with E-state index in [1.807, 2.05) is 29.9 Å². The number of benzene rings is 1. The third kappa shape index (κ3) is 2.85. The third-order valence-electron chi connectivity index (χ3n) is 3.11. The average molecular weight is 352 g/mol. The molecule has 1 N–H and O–H groups in total. The molecule has 3 aromatic rings. The monoisotopic (exact) mass is 351 g/mol. The Bertz CT molecular complexity index is 906. The topological polar surface area (TPSA) is 50.9 Å². The fourth-order valence-corrected chi connectivity index (χ4v) is 2.64. The molecule has 5 nitrogen and oxygen atoms in total. The highest BCUT2D eigenvalue weighted by molar-refractivity contribution is 7.71. The molecule has 0 aliphatic rings. The Morgan fingerprint density at radius 2 is 2.14 bits per heavy atom. The predicted octanol–water partition coefficient (Wildman–Crippen LogP) is 4.14. The molecule has 0 amide bonds. The summed E-state index contributed by atoms with van der Waals surface area (Å²) in [5.74, 6) is 0.525. The Labute approximate surface area is 141 Å². The van der Waals surface area contributed by atoms with Gasteiger partial charge in [0, 0.05) is 23.8 Å². The molecule has 0 bridgehead atoms. The summed E-state index contributed by atoms with van der Waals surface area (Å²) in [4.78, 5) is 0. The SMILES string of the molecule is Cn1cccc1/C=N\n1c(-c2ccc(Cl)cc2Cl)n[nH]c1=S. The molecule has 0 spiro atoms. The van der Waals surface area contributed by atoms with Gasteiger partial charge in [-0.3, -0.25) is 0 Å². The predicted molar refractivity (Wildman–Crippen MR) is 91.3 cm³/mol. The summed E-state index contributed by atoms with van der Waals surface area (Å²) >= 11 is 17.4. The molecule has 0 radical (unpaired) electrons. The van der Waals surface area contributed by atoms with Crippen LogP contribution in [0.5, 0.6) is 0 Å². The molecular weight excluding hydrogens is 341 g/mol. The standard InChI is InChI=1S/C14H11Cl2N5S/c1-20-6-2-3-10(20)8-17-21-13(18-19-14(21)22)11-5-4-9(15)7-12(11)16/h2-8H,1H3,(H,19,22)/b17-8-. The zero-order valence-electron chi connectivity index (χ0n) is 11.5. The maximum absolute atomic E-state index is 6.23. The second-order valence-corrected chi connectivity index (χ2v) is 5.81. The fraction of sp³-hybridized carbons (Fsp3) is 0.0714. The minimum absolute atomic E-state index is 0.381. The molecule has 0 atom stereocenters. The molecule has 0 aliphatic heterocycles. The Balaban J connectivity index is 2.06. The van der Waals surface area contributed by atoms with Gasteiger partial charge in [-0.2, -0.15) is 14.9 Å². The van der Waals surface area contributed by atoms with Gasteiger partial charge in [-0.25, -0.2) is 5.10 Å². The Kier molecular flexibility index (Phi) is 4.15. The van der Waals surface area contributed by atoms with Gasteiger partial charge < -0.3 is 4.57 Å². The van der Waals surface area contributed by atoms with Crippen molar-refractivity contribution in [2.75, 3.05) is 0 Å². The molecule has 112 valence electrons. The molecule has 8 heteroatoms. The molecule has 0 unspecified atom stereocenters. The summed E-state index contributed by atoms with van der Waals surface area (Å²) in [5.41, 5.74) is 1.64. The zero-order valence-corrected chi connectivity index (χ0v) is 13.8. The van der Waals surface area contributed by atoms with Crippen molar-refractivity contribution in [1.29, 1.82) is 0 Å². The third-order valence-corrected chi connectivity index (χ3v) is 3.92. The van der Waals surface area contributed by atoms with Gasteiger partial charge in [-0.1, -0.05) is 23.2 Å². The van der Waals surface area contributed by atoms with E-state index in [2.05, 4.69) is 15.3 Å². The number of aromatic amines is 1. The molecule has 0 saturated heterocycles. The molecule has 0 aliphatic carbocycles. The van der Waals surface area contributed by atoms with Gasteiger partial charge in [0.2, 0.25) is 4.77 Å². The van der Waals surface area contributed by atoms with Crippen LogP contribution in [0.1, 0.15) is 5.69 Å². The van der Waals surface area contributed by atoms with Gasteiger partial charge in [0.1, 0.15) is 0 Å². The number of nitrogens with zero attached hydrogens (tertiary/aromatic N) is 4. The van der Waals surface area contributed by atoms with Crippen molar-refractivity contribution in [3.63, 3.8) is 0 Å². The van der Waals surface area contributed by atoms with Gasteiger partial charge >= 0.3 is 0 Å². The smallest absolute Gasteiger partial charge is 0.216 e. The highest BCUT2D eigenvalue weighted by atomic mass is 35.5. The largest absolute Gasteiger partial charge is 0.350 e. The Hall–Kier alpha value is -1.89. The fourth-order valence-electron chi connectivity index (χ4n) is 1.97. The van der Waals surface area contributed by atoms with Crippen molar-refractivity contribution >= 4 is 41.6 Å². The van der Waals surface area contributed by atoms with E-state index in [0.717, 1.165) is 5.69 Å². The number of rotatable bonds is 3. The second-order valence-electron chi connectivity index (χ2n) is 4.58. The Morgan fingerprint density at radius 3 is 2.82 bits per heavy atom. The molecule has 0 fully saturated rings. The lowest BCUT2D eigenvalue weighted by Crippen LogP contribution is -1.98. The lowest BCUT2D eigenvalue weighted by molar-refractivity contribution is 0.862. The zero-order chi connectivity index (χ0) is 15.7. The molecule has 0 saturated carbocycles. The quantitative estimate of drug-likeness (QED) is 0.569. The minimum atomic E-state index is 0.381. The second kappa shape index (κ2) is 6.08. The summed E-state index contributed by atoms with van der Waals surface area (Å²) in [6.45, 7) is 0. The van der Waals surface area contributed by atoms with E-state index >= 15 is 0 Å². The average Bonchev–Trinajstić information content (AvgIpc) is 3.03. The van der Waals surface area contributed by atoms with E-state index in [-0.39, 0.29) is 0 Å². The van der Waals surface area contributed by atoms with E-state index in [9.17, 15) is 0 Å². The first kappa shape index (κ1) is 15.0. The number of halogens is 2. The highest BCUT2D eigenvalue weighted by Crippen LogP contribution is 2.29. The molecular formula is C14H11Cl2N5S. The maximum atomic E-state index is 6.23. The van der Waals surface area contributed by atoms with Crippen LogP contribution in [0.2, 0.25) is 10.0 Å². The number of hydrogen-bond donors (Lipinski definition) is 1. The van der Waals surface area contributed by atoms with Crippen LogP contribution in [-0.4, -0.2) is 25.7 Å². The minimum Gasteiger partial charge on any atom is -0.350 e. The lowest BCUT2D eigenvalue weighted by atomic mass is 10.2. The van der Waals surface area contributed by atoms with Crippen LogP contribution in [0.4, 0.5) is 0 Å². The van der Waals surface area contributed by atoms with Crippen molar-refractivity contribution in [3.8, 4) is 11.4 Å². The van der Waals surface area contributed by atoms with Crippen LogP contribution in [0.15, 0.2) is 41.6 Å². The molecule has 1 aromatic carbocycles. The number of nitrogens with one attached hydrogen (secondary N) is 1. The van der Waals surface area contributed by atoms with E-state index in [4.69, 9.17) is 35.4 Å². The van der Waals surface area contributed by atoms with Crippen LogP contribution in [0.25, 0.3) is 11.4 Å². The van der Waals surface area contributed by atoms with Crippen LogP contribution >= 0.6 is 35.4 Å². The van der Waals surface area contributed by atoms with Gasteiger partial charge in [0.25, 0.3) is 0 Å². The van der Waals surface area contributed by atoms with E-state index in [0.29, 0.717) is 26.2 Å². The molecule has 2 heterocycles. The lowest BCUT2D eigenvalue weighted by Gasteiger charge is -2.04. The summed E-state index contributed by atoms with van der Waals surface area (Å²) in [5, 5.41) is 12.4. The first-order valence-electron chi connectivity index (χ1n) is 6.35. The highest BCUT2D eigenvalue weighted by Gasteiger charge is 2.12. The normalized spacial score (nSPS) is 11.4. The van der Waals surface area contributed by atoms with Gasteiger partial charge in [0.05, 0.1) is 16.9 Å². The van der Waals surface area contributed by atoms with Crippen LogP contribution in [0.3, 0.4) is 0 Å². The van der Waals surface area contributed by atoms with Crippen LogP contribution < -0.4 is 0 Å². The number of H-pyrrole nitrogens is 1. The maximum Gasteiger partial charge on any atom is 0.216 e. The van der Waals surface area contributed by atoms with Gasteiger partial charge in [-0.05, 0) is 42.5 Å². The molecule has 2 aromatic heterocycles. The molecule has 22 heavy (non-hydrogen) atoms. The summed E-state index contributed by atoms with van der Waals surface area (Å²) < 4.78 is 3.85. The summed E-state index contributed by atoms with van der Waals surface area (Å²) in [6.07, 6.45) is 3.64. The van der Waals surface area contributed by atoms with Gasteiger partial charge in [0.15, 0.2) is 5.82 Å². The Morgan fingerprint density at radius 1 is 1.32 bits per heavy atom. The first-order valence-corrected chi connectivity index (χ1v) is 7.51. The van der Waals surface area contributed by atoms with Crippen LogP contribution in [-0.2, 0) is 7.05 Å². The number of aromatic nitrogens is 4. The van der Waals surface area contributed by atoms with E-state index in [1.165, 1.54) is 4.68 Å². The van der Waals surface area contributed by atoms with E-state index in [1.54, 1.807) is 24.4 Å². The van der Waals surface area contributed by atoms with Crippen LogP contribution in [0, 0.1) is 4.77 Å². The molecule has 3 rings (SSSR count). The first-order chi connectivity index (χ1) is 10.6. The van der Waals surface area contributed by atoms with Crippen molar-refractivity contribution in [3.05, 3.63) is 57.0 Å². The number of hydrogen-bond acceptors (Lipinski definition) is 3. The van der Waals surface area contributed by atoms with Gasteiger partial charge in [-0.15, -0.1) is 0 Å². The van der Waals surface area contributed by atoms with Crippen molar-refractivity contribution in [2.45, 2.75) is 0 Å². The summed E-state index contributed by atoms with van der Waals surface area (Å²) in [6, 6.07) is 9.06. The number of aryl methyl sites for hydroxylation is 1. The van der Waals surface area contributed by atoms with Crippen molar-refractivity contribution in [1.82, 2.24) is 19.4 Å². The van der Waals surface area contributed by atoms with E-state index < -0.39 is 0 Å². The summed E-state index contributed by atoms with van der Waals surface area (Å²) in [7, 11) is 1.94. The van der Waals surface area contributed by atoms with Crippen molar-refractivity contribution in [2.24, 2.45) is 12.1 Å². The van der Waals surface area contributed by atoms with Crippen molar-refractivity contribution < 1.29 is 0 Å².